The normalized spacial score (nSPS) is 13.7. The van der Waals surface area contributed by atoms with Crippen molar-refractivity contribution in [2.75, 3.05) is 40.0 Å². The van der Waals surface area contributed by atoms with Gasteiger partial charge in [0.15, 0.2) is 11.5 Å². The molecule has 1 aromatic carbocycles. The van der Waals surface area contributed by atoms with E-state index in [1.165, 1.54) is 0 Å². The van der Waals surface area contributed by atoms with Crippen LogP contribution in [0.15, 0.2) is 12.1 Å². The first-order chi connectivity index (χ1) is 8.81. The van der Waals surface area contributed by atoms with Crippen LogP contribution in [0, 0.1) is 0 Å². The van der Waals surface area contributed by atoms with Crippen LogP contribution in [0.2, 0.25) is 5.02 Å². The number of ether oxygens (including phenoxy) is 3. The van der Waals surface area contributed by atoms with Crippen molar-refractivity contribution in [1.29, 1.82) is 0 Å². The van der Waals surface area contributed by atoms with Gasteiger partial charge < -0.3 is 19.5 Å². The van der Waals surface area contributed by atoms with E-state index in [4.69, 9.17) is 25.8 Å². The molecule has 0 saturated heterocycles. The van der Waals surface area contributed by atoms with E-state index < -0.39 is 0 Å². The third-order valence-corrected chi connectivity index (χ3v) is 3.01. The average molecular weight is 272 g/mol. The Bertz CT molecular complexity index is 398. The second kappa shape index (κ2) is 6.83. The number of benzene rings is 1. The fourth-order valence-electron chi connectivity index (χ4n) is 1.84. The molecule has 2 rings (SSSR count). The molecule has 1 N–H and O–H groups in total. The molecule has 18 heavy (non-hydrogen) atoms. The molecule has 0 saturated carbocycles. The molecular formula is C13H18ClNO3. The summed E-state index contributed by atoms with van der Waals surface area (Å²) in [4.78, 5) is 0. The fraction of sp³-hybridized carbons (Fsp3) is 0.538. The van der Waals surface area contributed by atoms with Crippen LogP contribution in [0.3, 0.4) is 0 Å². The minimum Gasteiger partial charge on any atom is -0.486 e. The minimum atomic E-state index is 0.560. The third kappa shape index (κ3) is 3.51. The van der Waals surface area contributed by atoms with Gasteiger partial charge in [0.05, 0.1) is 11.6 Å². The molecule has 0 unspecified atom stereocenters. The highest BCUT2D eigenvalue weighted by Gasteiger charge is 2.16. The van der Waals surface area contributed by atoms with Gasteiger partial charge in [-0.25, -0.2) is 0 Å². The van der Waals surface area contributed by atoms with Crippen LogP contribution in [-0.2, 0) is 11.2 Å². The largest absolute Gasteiger partial charge is 0.486 e. The lowest BCUT2D eigenvalue weighted by atomic mass is 10.1. The standard InChI is InChI=1S/C13H18ClNO3/c1-16-5-4-15-3-2-10-8-11(14)13-12(9-10)17-6-7-18-13/h8-9,15H,2-7H2,1H3. The van der Waals surface area contributed by atoms with Gasteiger partial charge in [0.2, 0.25) is 0 Å². The van der Waals surface area contributed by atoms with E-state index in [1.807, 2.05) is 12.1 Å². The number of rotatable bonds is 6. The zero-order valence-electron chi connectivity index (χ0n) is 10.5. The molecule has 0 radical (unpaired) electrons. The average Bonchev–Trinajstić information content (AvgIpc) is 2.39. The van der Waals surface area contributed by atoms with E-state index in [1.54, 1.807) is 7.11 Å². The molecule has 0 aliphatic carbocycles. The second-order valence-electron chi connectivity index (χ2n) is 4.09. The summed E-state index contributed by atoms with van der Waals surface area (Å²) in [5.74, 6) is 1.42. The minimum absolute atomic E-state index is 0.560. The van der Waals surface area contributed by atoms with Crippen molar-refractivity contribution in [2.24, 2.45) is 0 Å². The summed E-state index contributed by atoms with van der Waals surface area (Å²) in [6.45, 7) is 3.61. The van der Waals surface area contributed by atoms with Crippen molar-refractivity contribution in [3.8, 4) is 11.5 Å². The molecule has 0 bridgehead atoms. The Hall–Kier alpha value is -0.970. The highest BCUT2D eigenvalue weighted by molar-refractivity contribution is 6.32. The van der Waals surface area contributed by atoms with Crippen molar-refractivity contribution in [3.05, 3.63) is 22.7 Å². The molecule has 5 heteroatoms. The molecule has 100 valence electrons. The predicted molar refractivity (Wildman–Crippen MR) is 70.9 cm³/mol. The van der Waals surface area contributed by atoms with E-state index in [0.29, 0.717) is 24.0 Å². The Balaban J connectivity index is 1.91. The Labute approximate surface area is 112 Å². The van der Waals surface area contributed by atoms with E-state index >= 15 is 0 Å². The van der Waals surface area contributed by atoms with Crippen LogP contribution in [0.4, 0.5) is 0 Å². The van der Waals surface area contributed by atoms with Crippen molar-refractivity contribution >= 4 is 11.6 Å². The number of halogens is 1. The van der Waals surface area contributed by atoms with Crippen LogP contribution < -0.4 is 14.8 Å². The van der Waals surface area contributed by atoms with Crippen LogP contribution in [0.25, 0.3) is 0 Å². The topological polar surface area (TPSA) is 39.7 Å². The zero-order chi connectivity index (χ0) is 12.8. The highest BCUT2D eigenvalue weighted by atomic mass is 35.5. The number of hydrogen-bond donors (Lipinski definition) is 1. The van der Waals surface area contributed by atoms with Gasteiger partial charge in [-0.15, -0.1) is 0 Å². The SMILES string of the molecule is COCCNCCc1cc(Cl)c2c(c1)OCCO2. The maximum Gasteiger partial charge on any atom is 0.179 e. The lowest BCUT2D eigenvalue weighted by Crippen LogP contribution is -2.22. The van der Waals surface area contributed by atoms with Gasteiger partial charge in [0.1, 0.15) is 13.2 Å². The summed E-state index contributed by atoms with van der Waals surface area (Å²) in [5.41, 5.74) is 1.15. The summed E-state index contributed by atoms with van der Waals surface area (Å²) in [6.07, 6.45) is 0.903. The third-order valence-electron chi connectivity index (χ3n) is 2.73. The first-order valence-corrected chi connectivity index (χ1v) is 6.46. The van der Waals surface area contributed by atoms with Crippen molar-refractivity contribution in [1.82, 2.24) is 5.32 Å². The van der Waals surface area contributed by atoms with Crippen LogP contribution in [0.5, 0.6) is 11.5 Å². The maximum absolute atomic E-state index is 6.16. The monoisotopic (exact) mass is 271 g/mol. The van der Waals surface area contributed by atoms with Gasteiger partial charge in [0, 0.05) is 13.7 Å². The number of nitrogens with one attached hydrogen (secondary N) is 1. The Morgan fingerprint density at radius 1 is 1.28 bits per heavy atom. The van der Waals surface area contributed by atoms with Crippen LogP contribution in [-0.4, -0.2) is 40.0 Å². The Morgan fingerprint density at radius 3 is 2.94 bits per heavy atom. The summed E-state index contributed by atoms with van der Waals surface area (Å²) < 4.78 is 16.0. The molecule has 4 nitrogen and oxygen atoms in total. The number of hydrogen-bond acceptors (Lipinski definition) is 4. The second-order valence-corrected chi connectivity index (χ2v) is 4.50. The molecule has 1 heterocycles. The van der Waals surface area contributed by atoms with E-state index in [0.717, 1.165) is 37.4 Å². The van der Waals surface area contributed by atoms with Crippen LogP contribution >= 0.6 is 11.6 Å². The van der Waals surface area contributed by atoms with Gasteiger partial charge in [-0.3, -0.25) is 0 Å². The quantitative estimate of drug-likeness (QED) is 0.802. The summed E-state index contributed by atoms with van der Waals surface area (Å²) in [7, 11) is 1.70. The lowest BCUT2D eigenvalue weighted by molar-refractivity contribution is 0.171. The highest BCUT2D eigenvalue weighted by Crippen LogP contribution is 2.38. The van der Waals surface area contributed by atoms with E-state index in [9.17, 15) is 0 Å². The van der Waals surface area contributed by atoms with Crippen molar-refractivity contribution < 1.29 is 14.2 Å². The van der Waals surface area contributed by atoms with E-state index in [-0.39, 0.29) is 0 Å². The van der Waals surface area contributed by atoms with Crippen molar-refractivity contribution in [3.63, 3.8) is 0 Å². The summed E-state index contributed by atoms with van der Waals surface area (Å²) in [5, 5.41) is 3.92. The lowest BCUT2D eigenvalue weighted by Gasteiger charge is -2.20. The molecule has 1 aromatic rings. The first kappa shape index (κ1) is 13.5. The zero-order valence-corrected chi connectivity index (χ0v) is 11.3. The molecule has 0 amide bonds. The predicted octanol–water partition coefficient (Wildman–Crippen LogP) is 1.89. The van der Waals surface area contributed by atoms with Crippen LogP contribution in [0.1, 0.15) is 5.56 Å². The van der Waals surface area contributed by atoms with E-state index in [2.05, 4.69) is 5.32 Å². The molecule has 1 aliphatic heterocycles. The molecule has 0 aromatic heterocycles. The summed E-state index contributed by atoms with van der Waals surface area (Å²) in [6, 6.07) is 3.94. The summed E-state index contributed by atoms with van der Waals surface area (Å²) >= 11 is 6.16. The van der Waals surface area contributed by atoms with Gasteiger partial charge >= 0.3 is 0 Å². The maximum atomic E-state index is 6.16. The van der Waals surface area contributed by atoms with Gasteiger partial charge in [-0.1, -0.05) is 11.6 Å². The first-order valence-electron chi connectivity index (χ1n) is 6.09. The Kier molecular flexibility index (Phi) is 5.11. The molecule has 0 atom stereocenters. The van der Waals surface area contributed by atoms with Crippen molar-refractivity contribution in [2.45, 2.75) is 6.42 Å². The van der Waals surface area contributed by atoms with Gasteiger partial charge in [-0.05, 0) is 30.7 Å². The number of fused-ring (bicyclic) bond motifs is 1. The Morgan fingerprint density at radius 2 is 2.11 bits per heavy atom. The molecule has 1 aliphatic rings. The van der Waals surface area contributed by atoms with Gasteiger partial charge in [0.25, 0.3) is 0 Å². The molecule has 0 spiro atoms. The smallest absolute Gasteiger partial charge is 0.179 e. The molecule has 0 fully saturated rings. The fourth-order valence-corrected chi connectivity index (χ4v) is 2.13. The number of methoxy groups -OCH3 is 1. The van der Waals surface area contributed by atoms with Gasteiger partial charge in [-0.2, -0.15) is 0 Å². The molecular weight excluding hydrogens is 254 g/mol.